The molecule has 1 aromatic carbocycles. The zero-order valence-corrected chi connectivity index (χ0v) is 10.5. The Balaban J connectivity index is 0.000000770. The van der Waals surface area contributed by atoms with Crippen molar-refractivity contribution in [3.8, 4) is 17.2 Å². The minimum atomic E-state index is 0.250. The lowest BCUT2D eigenvalue weighted by Crippen LogP contribution is -1.96. The van der Waals surface area contributed by atoms with E-state index in [2.05, 4.69) is 0 Å². The van der Waals surface area contributed by atoms with E-state index in [1.165, 1.54) is 21.3 Å². The van der Waals surface area contributed by atoms with Gasteiger partial charge in [0.15, 0.2) is 11.5 Å². The first kappa shape index (κ1) is 15.2. The van der Waals surface area contributed by atoms with Crippen molar-refractivity contribution in [3.05, 3.63) is 17.7 Å². The smallest absolute Gasteiger partial charge is 0.203 e. The van der Waals surface area contributed by atoms with Crippen molar-refractivity contribution in [1.82, 2.24) is 0 Å². The molecule has 0 bridgehead atoms. The summed E-state index contributed by atoms with van der Waals surface area (Å²) in [7, 11) is 4.53. The summed E-state index contributed by atoms with van der Waals surface area (Å²) in [6, 6.07) is 3.18. The van der Waals surface area contributed by atoms with E-state index in [4.69, 9.17) is 19.3 Å². The molecule has 1 N–H and O–H groups in total. The fourth-order valence-electron chi connectivity index (χ4n) is 1.17. The average molecular weight is 242 g/mol. The number of benzene rings is 1. The van der Waals surface area contributed by atoms with E-state index in [1.54, 1.807) is 19.1 Å². The first-order valence-electron chi connectivity index (χ1n) is 5.04. The van der Waals surface area contributed by atoms with E-state index in [-0.39, 0.29) is 6.61 Å². The van der Waals surface area contributed by atoms with Crippen molar-refractivity contribution in [2.75, 3.05) is 27.9 Å². The van der Waals surface area contributed by atoms with E-state index in [0.717, 1.165) is 6.29 Å². The van der Waals surface area contributed by atoms with Crippen LogP contribution >= 0.6 is 0 Å². The topological polar surface area (TPSA) is 65.0 Å². The highest BCUT2D eigenvalue weighted by Crippen LogP contribution is 2.37. The molecule has 0 fully saturated rings. The van der Waals surface area contributed by atoms with Gasteiger partial charge in [-0.1, -0.05) is 0 Å². The van der Waals surface area contributed by atoms with Crippen LogP contribution in [0.4, 0.5) is 0 Å². The molecule has 0 spiro atoms. The molecule has 5 heteroatoms. The molecule has 0 aliphatic heterocycles. The third-order valence-corrected chi connectivity index (χ3v) is 1.82. The zero-order chi connectivity index (χ0) is 13.3. The fraction of sp³-hybridized carbons (Fsp3) is 0.417. The number of rotatable bonds is 4. The Bertz CT molecular complexity index is 324. The van der Waals surface area contributed by atoms with Crippen LogP contribution in [-0.2, 0) is 0 Å². The van der Waals surface area contributed by atoms with Crippen molar-refractivity contribution >= 4 is 6.29 Å². The van der Waals surface area contributed by atoms with Crippen LogP contribution in [0.1, 0.15) is 17.3 Å². The van der Waals surface area contributed by atoms with Crippen molar-refractivity contribution in [3.63, 3.8) is 0 Å². The summed E-state index contributed by atoms with van der Waals surface area (Å²) in [6.45, 7) is 1.93. The van der Waals surface area contributed by atoms with Gasteiger partial charge in [0.2, 0.25) is 5.75 Å². The molecule has 1 rings (SSSR count). The van der Waals surface area contributed by atoms with E-state index in [9.17, 15) is 4.79 Å². The summed E-state index contributed by atoms with van der Waals surface area (Å²) in [5, 5.41) is 7.57. The Morgan fingerprint density at radius 1 is 1.12 bits per heavy atom. The van der Waals surface area contributed by atoms with Gasteiger partial charge in [0.25, 0.3) is 0 Å². The SMILES string of the molecule is CCO.COc1cc(C=O)cc(OC)c1OC. The van der Waals surface area contributed by atoms with Gasteiger partial charge < -0.3 is 19.3 Å². The molecular formula is C12H18O5. The predicted octanol–water partition coefficient (Wildman–Crippen LogP) is 1.52. The van der Waals surface area contributed by atoms with Gasteiger partial charge in [0.1, 0.15) is 6.29 Å². The highest BCUT2D eigenvalue weighted by molar-refractivity contribution is 5.78. The van der Waals surface area contributed by atoms with Gasteiger partial charge in [0, 0.05) is 12.2 Å². The number of aliphatic hydroxyl groups is 1. The third-order valence-electron chi connectivity index (χ3n) is 1.82. The minimum absolute atomic E-state index is 0.250. The molecule has 0 saturated carbocycles. The van der Waals surface area contributed by atoms with Crippen molar-refractivity contribution in [2.45, 2.75) is 6.92 Å². The van der Waals surface area contributed by atoms with Crippen LogP contribution in [0.25, 0.3) is 0 Å². The highest BCUT2D eigenvalue weighted by Gasteiger charge is 2.12. The lowest BCUT2D eigenvalue weighted by molar-refractivity contribution is 0.112. The van der Waals surface area contributed by atoms with E-state index >= 15 is 0 Å². The molecular weight excluding hydrogens is 224 g/mol. The number of aldehydes is 1. The fourth-order valence-corrected chi connectivity index (χ4v) is 1.17. The number of aliphatic hydroxyl groups excluding tert-OH is 1. The van der Waals surface area contributed by atoms with Crippen LogP contribution in [0.3, 0.4) is 0 Å². The Morgan fingerprint density at radius 3 is 1.76 bits per heavy atom. The Morgan fingerprint density at radius 2 is 1.53 bits per heavy atom. The molecule has 0 aliphatic rings. The molecule has 0 saturated heterocycles. The molecule has 0 aliphatic carbocycles. The van der Waals surface area contributed by atoms with E-state index in [0.29, 0.717) is 22.8 Å². The summed E-state index contributed by atoms with van der Waals surface area (Å²) < 4.78 is 15.2. The monoisotopic (exact) mass is 242 g/mol. The van der Waals surface area contributed by atoms with Gasteiger partial charge in [-0.2, -0.15) is 0 Å². The van der Waals surface area contributed by atoms with Gasteiger partial charge in [-0.3, -0.25) is 4.79 Å². The van der Waals surface area contributed by atoms with Gasteiger partial charge >= 0.3 is 0 Å². The third kappa shape index (κ3) is 4.32. The maximum atomic E-state index is 10.6. The standard InChI is InChI=1S/C10H12O4.C2H6O/c1-12-8-4-7(6-11)5-9(13-2)10(8)14-3;1-2-3/h4-6H,1-3H3;3H,2H2,1H3. The van der Waals surface area contributed by atoms with Crippen LogP contribution in [0.15, 0.2) is 12.1 Å². The number of carbonyl (C=O) groups excluding carboxylic acids is 1. The lowest BCUT2D eigenvalue weighted by atomic mass is 10.2. The summed E-state index contributed by atoms with van der Waals surface area (Å²) in [6.07, 6.45) is 0.727. The largest absolute Gasteiger partial charge is 0.493 e. The Hall–Kier alpha value is -1.75. The molecule has 5 nitrogen and oxygen atoms in total. The lowest BCUT2D eigenvalue weighted by Gasteiger charge is -2.11. The molecule has 0 heterocycles. The first-order chi connectivity index (χ1) is 8.18. The summed E-state index contributed by atoms with van der Waals surface area (Å²) in [5.74, 6) is 1.45. The minimum Gasteiger partial charge on any atom is -0.493 e. The van der Waals surface area contributed by atoms with Crippen molar-refractivity contribution in [2.24, 2.45) is 0 Å². The predicted molar refractivity (Wildman–Crippen MR) is 64.2 cm³/mol. The van der Waals surface area contributed by atoms with Gasteiger partial charge in [-0.25, -0.2) is 0 Å². The highest BCUT2D eigenvalue weighted by atomic mass is 16.5. The molecule has 0 amide bonds. The van der Waals surface area contributed by atoms with Gasteiger partial charge in [-0.15, -0.1) is 0 Å². The average Bonchev–Trinajstić information content (AvgIpc) is 2.37. The summed E-state index contributed by atoms with van der Waals surface area (Å²) in [4.78, 5) is 10.6. The summed E-state index contributed by atoms with van der Waals surface area (Å²) in [5.41, 5.74) is 0.486. The van der Waals surface area contributed by atoms with Crippen molar-refractivity contribution < 1.29 is 24.1 Å². The number of ether oxygens (including phenoxy) is 3. The van der Waals surface area contributed by atoms with Gasteiger partial charge in [-0.05, 0) is 19.1 Å². The second-order valence-electron chi connectivity index (χ2n) is 2.89. The maximum absolute atomic E-state index is 10.6. The molecule has 96 valence electrons. The van der Waals surface area contributed by atoms with Crippen LogP contribution in [0.5, 0.6) is 17.2 Å². The first-order valence-corrected chi connectivity index (χ1v) is 5.04. The van der Waals surface area contributed by atoms with E-state index in [1.807, 2.05) is 0 Å². The van der Waals surface area contributed by atoms with Gasteiger partial charge in [0.05, 0.1) is 21.3 Å². The second kappa shape index (κ2) is 8.41. The zero-order valence-electron chi connectivity index (χ0n) is 10.5. The molecule has 17 heavy (non-hydrogen) atoms. The van der Waals surface area contributed by atoms with Crippen LogP contribution in [0, 0.1) is 0 Å². The molecule has 0 atom stereocenters. The van der Waals surface area contributed by atoms with Crippen LogP contribution in [0.2, 0.25) is 0 Å². The number of hydrogen-bond acceptors (Lipinski definition) is 5. The number of hydrogen-bond donors (Lipinski definition) is 1. The van der Waals surface area contributed by atoms with Crippen LogP contribution < -0.4 is 14.2 Å². The van der Waals surface area contributed by atoms with Crippen LogP contribution in [-0.4, -0.2) is 39.3 Å². The quantitative estimate of drug-likeness (QED) is 0.811. The van der Waals surface area contributed by atoms with Crippen molar-refractivity contribution in [1.29, 1.82) is 0 Å². The number of methoxy groups -OCH3 is 3. The second-order valence-corrected chi connectivity index (χ2v) is 2.89. The summed E-state index contributed by atoms with van der Waals surface area (Å²) >= 11 is 0. The molecule has 0 aromatic heterocycles. The normalized spacial score (nSPS) is 8.76. The molecule has 0 radical (unpaired) electrons. The maximum Gasteiger partial charge on any atom is 0.203 e. The Labute approximate surface area is 101 Å². The molecule has 1 aromatic rings. The molecule has 0 unspecified atom stereocenters. The number of carbonyl (C=O) groups is 1. The Kier molecular flexibility index (Phi) is 7.54. The van der Waals surface area contributed by atoms with E-state index < -0.39 is 0 Å².